The van der Waals surface area contributed by atoms with Gasteiger partial charge in [0.15, 0.2) is 5.13 Å². The van der Waals surface area contributed by atoms with Gasteiger partial charge in [0.25, 0.3) is 10.0 Å². The van der Waals surface area contributed by atoms with E-state index in [4.69, 9.17) is 5.11 Å². The van der Waals surface area contributed by atoms with Gasteiger partial charge in [-0.3, -0.25) is 4.72 Å². The summed E-state index contributed by atoms with van der Waals surface area (Å²) in [6.45, 7) is 0. The molecule has 0 bridgehead atoms. The lowest BCUT2D eigenvalue weighted by atomic mass is 10.2. The van der Waals surface area contributed by atoms with Gasteiger partial charge in [-0.1, -0.05) is 11.3 Å². The van der Waals surface area contributed by atoms with E-state index in [0.29, 0.717) is 3.79 Å². The molecule has 0 spiro atoms. The van der Waals surface area contributed by atoms with Crippen LogP contribution >= 0.6 is 43.2 Å². The molecule has 20 heavy (non-hydrogen) atoms. The van der Waals surface area contributed by atoms with Crippen LogP contribution in [0, 0.1) is 0 Å². The number of aromatic carboxylic acids is 1. The molecule has 0 fully saturated rings. The van der Waals surface area contributed by atoms with Gasteiger partial charge in [-0.05, 0) is 50.1 Å². The number of carboxylic acids is 1. The van der Waals surface area contributed by atoms with E-state index >= 15 is 0 Å². The molecule has 0 atom stereocenters. The SMILES string of the molecule is O=C(O)c1ccc(S(=O)(=O)Nc2ncc(Br)s2)c(Br)c1. The van der Waals surface area contributed by atoms with Gasteiger partial charge in [-0.25, -0.2) is 18.2 Å². The first-order chi connectivity index (χ1) is 9.29. The topological polar surface area (TPSA) is 96.4 Å². The molecule has 0 aliphatic rings. The zero-order chi connectivity index (χ0) is 14.9. The van der Waals surface area contributed by atoms with Gasteiger partial charge in [0.1, 0.15) is 4.90 Å². The van der Waals surface area contributed by atoms with E-state index in [9.17, 15) is 13.2 Å². The highest BCUT2D eigenvalue weighted by atomic mass is 79.9. The van der Waals surface area contributed by atoms with E-state index in [-0.39, 0.29) is 20.1 Å². The smallest absolute Gasteiger partial charge is 0.335 e. The second-order valence-electron chi connectivity index (χ2n) is 3.53. The first-order valence-electron chi connectivity index (χ1n) is 4.96. The van der Waals surface area contributed by atoms with Crippen molar-refractivity contribution in [1.82, 2.24) is 4.98 Å². The zero-order valence-corrected chi connectivity index (χ0v) is 14.3. The number of carboxylic acid groups (broad SMARTS) is 1. The van der Waals surface area contributed by atoms with Crippen LogP contribution in [0.4, 0.5) is 5.13 Å². The lowest BCUT2D eigenvalue weighted by Crippen LogP contribution is -2.13. The standard InChI is InChI=1S/C10H6Br2N2O4S2/c11-6-3-5(9(15)16)1-2-7(6)20(17,18)14-10-13-4-8(12)19-10/h1-4H,(H,13,14)(H,15,16). The highest BCUT2D eigenvalue weighted by Gasteiger charge is 2.20. The van der Waals surface area contributed by atoms with Crippen molar-refractivity contribution >= 4 is 64.3 Å². The molecule has 6 nitrogen and oxygen atoms in total. The molecule has 1 aromatic carbocycles. The molecule has 0 saturated heterocycles. The Kier molecular flexibility index (Phi) is 4.47. The average Bonchev–Trinajstić information content (AvgIpc) is 2.73. The van der Waals surface area contributed by atoms with Crippen molar-refractivity contribution in [3.8, 4) is 0 Å². The summed E-state index contributed by atoms with van der Waals surface area (Å²) in [5, 5.41) is 9.06. The summed E-state index contributed by atoms with van der Waals surface area (Å²) in [4.78, 5) is 14.6. The number of nitrogens with one attached hydrogen (secondary N) is 1. The minimum atomic E-state index is -3.84. The van der Waals surface area contributed by atoms with Crippen LogP contribution in [-0.4, -0.2) is 24.5 Å². The fourth-order valence-electron chi connectivity index (χ4n) is 1.32. The van der Waals surface area contributed by atoms with Crippen molar-refractivity contribution in [2.45, 2.75) is 4.90 Å². The zero-order valence-electron chi connectivity index (χ0n) is 9.50. The van der Waals surface area contributed by atoms with E-state index in [0.717, 1.165) is 11.3 Å². The summed E-state index contributed by atoms with van der Waals surface area (Å²) in [6, 6.07) is 3.67. The molecule has 0 amide bonds. The number of rotatable bonds is 4. The maximum absolute atomic E-state index is 12.2. The van der Waals surface area contributed by atoms with E-state index in [1.165, 1.54) is 24.4 Å². The van der Waals surface area contributed by atoms with Gasteiger partial charge in [0, 0.05) is 4.47 Å². The van der Waals surface area contributed by atoms with Crippen LogP contribution in [0.25, 0.3) is 0 Å². The number of anilines is 1. The van der Waals surface area contributed by atoms with Crippen molar-refractivity contribution in [3.05, 3.63) is 38.2 Å². The fourth-order valence-corrected chi connectivity index (χ4v) is 4.75. The minimum Gasteiger partial charge on any atom is -0.478 e. The molecule has 2 rings (SSSR count). The Labute approximate surface area is 135 Å². The Morgan fingerprint density at radius 2 is 2.05 bits per heavy atom. The Morgan fingerprint density at radius 1 is 1.35 bits per heavy atom. The predicted octanol–water partition coefficient (Wildman–Crippen LogP) is 3.17. The van der Waals surface area contributed by atoms with Gasteiger partial charge in [-0.15, -0.1) is 0 Å². The summed E-state index contributed by atoms with van der Waals surface area (Å²) >= 11 is 7.37. The first-order valence-corrected chi connectivity index (χ1v) is 8.85. The number of halogens is 2. The van der Waals surface area contributed by atoms with Crippen LogP contribution in [0.15, 0.2) is 37.6 Å². The summed E-state index contributed by atoms with van der Waals surface area (Å²) < 4.78 is 27.5. The van der Waals surface area contributed by atoms with Gasteiger partial charge in [0.2, 0.25) is 0 Å². The van der Waals surface area contributed by atoms with E-state index in [2.05, 4.69) is 41.6 Å². The third-order valence-electron chi connectivity index (χ3n) is 2.17. The number of sulfonamides is 1. The molecule has 0 aliphatic heterocycles. The molecule has 2 aromatic rings. The molecule has 106 valence electrons. The molecule has 1 heterocycles. The van der Waals surface area contributed by atoms with Crippen molar-refractivity contribution in [2.75, 3.05) is 4.72 Å². The first kappa shape index (κ1) is 15.4. The lowest BCUT2D eigenvalue weighted by Gasteiger charge is -2.07. The molecule has 0 unspecified atom stereocenters. The van der Waals surface area contributed by atoms with E-state index in [1.807, 2.05) is 0 Å². The molecule has 1 aromatic heterocycles. The fraction of sp³-hybridized carbons (Fsp3) is 0. The maximum atomic E-state index is 12.2. The Balaban J connectivity index is 2.37. The lowest BCUT2D eigenvalue weighted by molar-refractivity contribution is 0.0696. The minimum absolute atomic E-state index is 0.00665. The van der Waals surface area contributed by atoms with Crippen LogP contribution < -0.4 is 4.72 Å². The van der Waals surface area contributed by atoms with Gasteiger partial charge >= 0.3 is 5.97 Å². The number of nitrogens with zero attached hydrogens (tertiary/aromatic N) is 1. The average molecular weight is 442 g/mol. The normalized spacial score (nSPS) is 11.3. The number of aromatic nitrogens is 1. The third-order valence-corrected chi connectivity index (χ3v) is 6.00. The van der Waals surface area contributed by atoms with Crippen LogP contribution in [-0.2, 0) is 10.0 Å². The molecule has 10 heteroatoms. The number of hydrogen-bond donors (Lipinski definition) is 2. The van der Waals surface area contributed by atoms with Gasteiger partial charge in [0.05, 0.1) is 15.5 Å². The molecular weight excluding hydrogens is 436 g/mol. The summed E-state index contributed by atoms with van der Waals surface area (Å²) in [7, 11) is -3.84. The van der Waals surface area contributed by atoms with Crippen LogP contribution in [0.2, 0.25) is 0 Å². The second-order valence-corrected chi connectivity index (χ2v) is 8.44. The second kappa shape index (κ2) is 5.80. The van der Waals surface area contributed by atoms with Gasteiger partial charge < -0.3 is 5.11 Å². The number of thiazole rings is 1. The van der Waals surface area contributed by atoms with Crippen LogP contribution in [0.1, 0.15) is 10.4 Å². The molecule has 2 N–H and O–H groups in total. The van der Waals surface area contributed by atoms with E-state index in [1.54, 1.807) is 0 Å². The van der Waals surface area contributed by atoms with Crippen molar-refractivity contribution in [3.63, 3.8) is 0 Å². The monoisotopic (exact) mass is 440 g/mol. The Bertz CT molecular complexity index is 773. The maximum Gasteiger partial charge on any atom is 0.335 e. The molecule has 0 saturated carbocycles. The molecule has 0 radical (unpaired) electrons. The molecular formula is C10H6Br2N2O4S2. The number of benzene rings is 1. The Hall–Kier alpha value is -0.970. The summed E-state index contributed by atoms with van der Waals surface area (Å²) in [5.74, 6) is -1.13. The van der Waals surface area contributed by atoms with Crippen molar-refractivity contribution in [1.29, 1.82) is 0 Å². The summed E-state index contributed by atoms with van der Waals surface area (Å²) in [6.07, 6.45) is 1.48. The van der Waals surface area contributed by atoms with Crippen molar-refractivity contribution < 1.29 is 18.3 Å². The summed E-state index contributed by atoms with van der Waals surface area (Å²) in [5.41, 5.74) is -0.00665. The molecule has 0 aliphatic carbocycles. The van der Waals surface area contributed by atoms with E-state index < -0.39 is 16.0 Å². The highest BCUT2D eigenvalue weighted by Crippen LogP contribution is 2.28. The largest absolute Gasteiger partial charge is 0.478 e. The number of carbonyl (C=O) groups is 1. The third kappa shape index (κ3) is 3.37. The quantitative estimate of drug-likeness (QED) is 0.759. The van der Waals surface area contributed by atoms with Crippen LogP contribution in [0.5, 0.6) is 0 Å². The van der Waals surface area contributed by atoms with Gasteiger partial charge in [-0.2, -0.15) is 0 Å². The Morgan fingerprint density at radius 3 is 2.55 bits per heavy atom. The number of hydrogen-bond acceptors (Lipinski definition) is 5. The highest BCUT2D eigenvalue weighted by molar-refractivity contribution is 9.11. The van der Waals surface area contributed by atoms with Crippen LogP contribution in [0.3, 0.4) is 0 Å². The van der Waals surface area contributed by atoms with Crippen molar-refractivity contribution in [2.24, 2.45) is 0 Å². The predicted molar refractivity (Wildman–Crippen MR) is 81.7 cm³/mol.